The topological polar surface area (TPSA) is 75.9 Å². The van der Waals surface area contributed by atoms with Crippen molar-refractivity contribution in [3.63, 3.8) is 0 Å². The van der Waals surface area contributed by atoms with Crippen LogP contribution in [0.15, 0.2) is 36.7 Å². The first-order chi connectivity index (χ1) is 9.00. The van der Waals surface area contributed by atoms with Crippen molar-refractivity contribution in [2.45, 2.75) is 26.2 Å². The zero-order valence-electron chi connectivity index (χ0n) is 11.4. The number of hydrogen-bond acceptors (Lipinski definition) is 5. The lowest BCUT2D eigenvalue weighted by Crippen LogP contribution is -2.14. The molecule has 2 aromatic rings. The Morgan fingerprint density at radius 2 is 1.74 bits per heavy atom. The number of rotatable bonds is 3. The monoisotopic (exact) mass is 257 g/mol. The lowest BCUT2D eigenvalue weighted by molar-refractivity contribution is 0.592. The van der Waals surface area contributed by atoms with Gasteiger partial charge in [0.15, 0.2) is 0 Å². The summed E-state index contributed by atoms with van der Waals surface area (Å²) in [5, 5.41) is 3.31. The smallest absolute Gasteiger partial charge is 0.145 e. The first-order valence-electron chi connectivity index (χ1n) is 6.16. The van der Waals surface area contributed by atoms with Crippen LogP contribution >= 0.6 is 0 Å². The van der Waals surface area contributed by atoms with Gasteiger partial charge in [-0.1, -0.05) is 39.0 Å². The Morgan fingerprint density at radius 3 is 2.42 bits per heavy atom. The molecule has 0 bridgehead atoms. The van der Waals surface area contributed by atoms with Gasteiger partial charge in [0, 0.05) is 11.8 Å². The molecule has 19 heavy (non-hydrogen) atoms. The molecule has 1 aromatic carbocycles. The van der Waals surface area contributed by atoms with Gasteiger partial charge < -0.3 is 10.7 Å². The molecule has 0 saturated carbocycles. The van der Waals surface area contributed by atoms with Crippen LogP contribution in [0.4, 0.5) is 17.3 Å². The van der Waals surface area contributed by atoms with Crippen molar-refractivity contribution in [1.82, 2.24) is 9.97 Å². The molecule has 0 saturated heterocycles. The van der Waals surface area contributed by atoms with Crippen LogP contribution in [-0.4, -0.2) is 9.97 Å². The number of anilines is 3. The molecule has 0 aliphatic heterocycles. The zero-order chi connectivity index (χ0) is 13.9. The second-order valence-corrected chi connectivity index (χ2v) is 5.35. The zero-order valence-corrected chi connectivity index (χ0v) is 11.4. The van der Waals surface area contributed by atoms with Crippen molar-refractivity contribution in [2.24, 2.45) is 5.84 Å². The fraction of sp³-hybridized carbons (Fsp3) is 0.286. The summed E-state index contributed by atoms with van der Waals surface area (Å²) in [6, 6.07) is 9.96. The average Bonchev–Trinajstić information content (AvgIpc) is 2.38. The lowest BCUT2D eigenvalue weighted by atomic mass is 9.86. The molecule has 0 aliphatic carbocycles. The third-order valence-corrected chi connectivity index (χ3v) is 2.81. The summed E-state index contributed by atoms with van der Waals surface area (Å²) in [6.45, 7) is 6.54. The van der Waals surface area contributed by atoms with Gasteiger partial charge in [-0.2, -0.15) is 0 Å². The van der Waals surface area contributed by atoms with E-state index in [1.807, 2.05) is 18.2 Å². The molecule has 5 nitrogen and oxygen atoms in total. The van der Waals surface area contributed by atoms with E-state index >= 15 is 0 Å². The minimum atomic E-state index is 0.0611. The van der Waals surface area contributed by atoms with Crippen LogP contribution in [0.1, 0.15) is 26.3 Å². The van der Waals surface area contributed by atoms with E-state index in [1.54, 1.807) is 6.07 Å². The predicted octanol–water partition coefficient (Wildman–Crippen LogP) is 2.80. The Balaban J connectivity index is 2.33. The van der Waals surface area contributed by atoms with Crippen molar-refractivity contribution in [3.05, 3.63) is 42.2 Å². The molecule has 0 spiro atoms. The largest absolute Gasteiger partial charge is 0.340 e. The summed E-state index contributed by atoms with van der Waals surface area (Å²) in [4.78, 5) is 8.17. The highest BCUT2D eigenvalue weighted by atomic mass is 15.3. The van der Waals surface area contributed by atoms with Gasteiger partial charge in [0.2, 0.25) is 0 Å². The molecule has 0 atom stereocenters. The van der Waals surface area contributed by atoms with Gasteiger partial charge in [-0.05, 0) is 17.0 Å². The van der Waals surface area contributed by atoms with E-state index < -0.39 is 0 Å². The minimum Gasteiger partial charge on any atom is -0.340 e. The number of aromatic nitrogens is 2. The Hall–Kier alpha value is -2.14. The second kappa shape index (κ2) is 5.24. The summed E-state index contributed by atoms with van der Waals surface area (Å²) >= 11 is 0. The molecular formula is C14H19N5. The number of nitrogen functional groups attached to an aromatic ring is 1. The molecule has 0 aliphatic rings. The van der Waals surface area contributed by atoms with E-state index in [1.165, 1.54) is 11.9 Å². The molecule has 0 amide bonds. The predicted molar refractivity (Wildman–Crippen MR) is 78.3 cm³/mol. The summed E-state index contributed by atoms with van der Waals surface area (Å²) in [5.74, 6) is 6.63. The standard InChI is InChI=1S/C14H19N5/c1-14(2,3)10-6-4-5-7-11(10)18-12-8-13(19-15)17-9-16-12/h4-9H,15H2,1-3H3,(H2,16,17,18,19). The van der Waals surface area contributed by atoms with Gasteiger partial charge in [-0.25, -0.2) is 15.8 Å². The summed E-state index contributed by atoms with van der Waals surface area (Å²) < 4.78 is 0. The lowest BCUT2D eigenvalue weighted by Gasteiger charge is -2.23. The van der Waals surface area contributed by atoms with Crippen molar-refractivity contribution in [3.8, 4) is 0 Å². The number of nitrogens with two attached hydrogens (primary N) is 1. The number of nitrogens with zero attached hydrogens (tertiary/aromatic N) is 2. The summed E-state index contributed by atoms with van der Waals surface area (Å²) in [7, 11) is 0. The van der Waals surface area contributed by atoms with Gasteiger partial charge in [-0.3, -0.25) is 0 Å². The third-order valence-electron chi connectivity index (χ3n) is 2.81. The Kier molecular flexibility index (Phi) is 3.66. The Labute approximate surface area is 113 Å². The molecule has 0 unspecified atom stereocenters. The molecule has 5 heteroatoms. The maximum atomic E-state index is 5.34. The Bertz CT molecular complexity index is 560. The van der Waals surface area contributed by atoms with E-state index in [0.717, 1.165) is 5.69 Å². The minimum absolute atomic E-state index is 0.0611. The molecule has 1 aromatic heterocycles. The molecule has 1 heterocycles. The van der Waals surface area contributed by atoms with Crippen molar-refractivity contribution in [1.29, 1.82) is 0 Å². The number of hydrogen-bond donors (Lipinski definition) is 3. The molecule has 2 rings (SSSR count). The first-order valence-corrected chi connectivity index (χ1v) is 6.16. The van der Waals surface area contributed by atoms with E-state index in [0.29, 0.717) is 11.6 Å². The quantitative estimate of drug-likeness (QED) is 0.582. The van der Waals surface area contributed by atoms with E-state index in [9.17, 15) is 0 Å². The van der Waals surface area contributed by atoms with Crippen LogP contribution in [0.5, 0.6) is 0 Å². The number of nitrogens with one attached hydrogen (secondary N) is 2. The fourth-order valence-electron chi connectivity index (χ4n) is 1.89. The molecule has 0 fully saturated rings. The highest BCUT2D eigenvalue weighted by Gasteiger charge is 2.17. The van der Waals surface area contributed by atoms with Crippen molar-refractivity contribution < 1.29 is 0 Å². The van der Waals surface area contributed by atoms with E-state index in [4.69, 9.17) is 5.84 Å². The van der Waals surface area contributed by atoms with Crippen LogP contribution in [0, 0.1) is 0 Å². The van der Waals surface area contributed by atoms with Crippen LogP contribution in [0.3, 0.4) is 0 Å². The van der Waals surface area contributed by atoms with Gasteiger partial charge in [-0.15, -0.1) is 0 Å². The average molecular weight is 257 g/mol. The van der Waals surface area contributed by atoms with Crippen LogP contribution in [0.2, 0.25) is 0 Å². The SMILES string of the molecule is CC(C)(C)c1ccccc1Nc1cc(NN)ncn1. The van der Waals surface area contributed by atoms with E-state index in [2.05, 4.69) is 47.5 Å². The second-order valence-electron chi connectivity index (χ2n) is 5.35. The highest BCUT2D eigenvalue weighted by molar-refractivity contribution is 5.63. The number of hydrazine groups is 1. The van der Waals surface area contributed by atoms with Gasteiger partial charge in [0.1, 0.15) is 18.0 Å². The first kappa shape index (κ1) is 13.3. The molecular weight excluding hydrogens is 238 g/mol. The number of benzene rings is 1. The van der Waals surface area contributed by atoms with Crippen LogP contribution in [-0.2, 0) is 5.41 Å². The maximum Gasteiger partial charge on any atom is 0.145 e. The van der Waals surface area contributed by atoms with Gasteiger partial charge in [0.05, 0.1) is 0 Å². The molecule has 4 N–H and O–H groups in total. The van der Waals surface area contributed by atoms with Crippen molar-refractivity contribution in [2.75, 3.05) is 10.7 Å². The van der Waals surface area contributed by atoms with Crippen LogP contribution < -0.4 is 16.6 Å². The maximum absolute atomic E-state index is 5.34. The third kappa shape index (κ3) is 3.20. The normalized spacial score (nSPS) is 11.2. The van der Waals surface area contributed by atoms with Crippen molar-refractivity contribution >= 4 is 17.3 Å². The van der Waals surface area contributed by atoms with E-state index in [-0.39, 0.29) is 5.41 Å². The van der Waals surface area contributed by atoms with Crippen LogP contribution in [0.25, 0.3) is 0 Å². The summed E-state index contributed by atoms with van der Waals surface area (Å²) in [5.41, 5.74) is 4.84. The number of para-hydroxylation sites is 1. The highest BCUT2D eigenvalue weighted by Crippen LogP contribution is 2.30. The van der Waals surface area contributed by atoms with Gasteiger partial charge >= 0.3 is 0 Å². The molecule has 0 radical (unpaired) electrons. The fourth-order valence-corrected chi connectivity index (χ4v) is 1.89. The Morgan fingerprint density at radius 1 is 1.05 bits per heavy atom. The summed E-state index contributed by atoms with van der Waals surface area (Å²) in [6.07, 6.45) is 1.47. The van der Waals surface area contributed by atoms with Gasteiger partial charge in [0.25, 0.3) is 0 Å². The molecule has 100 valence electrons.